The Bertz CT molecular complexity index is 402. The van der Waals surface area contributed by atoms with Crippen LogP contribution in [-0.2, 0) is 6.54 Å². The van der Waals surface area contributed by atoms with Gasteiger partial charge in [-0.1, -0.05) is 51.4 Å². The van der Waals surface area contributed by atoms with Crippen molar-refractivity contribution in [2.45, 2.75) is 40.7 Å². The maximum absolute atomic E-state index is 6.41. The molecule has 0 fully saturated rings. The molecule has 0 heterocycles. The number of halogens is 1. The van der Waals surface area contributed by atoms with Crippen LogP contribution < -0.4 is 10.2 Å². The topological polar surface area (TPSA) is 15.3 Å². The van der Waals surface area contributed by atoms with Crippen LogP contribution in [0.5, 0.6) is 0 Å². The minimum atomic E-state index is 0.663. The maximum Gasteiger partial charge on any atom is 0.0642 e. The molecular weight excluding hydrogens is 268 g/mol. The van der Waals surface area contributed by atoms with Gasteiger partial charge in [0.1, 0.15) is 0 Å². The highest BCUT2D eigenvalue weighted by molar-refractivity contribution is 6.33. The minimum Gasteiger partial charge on any atom is -0.373 e. The quantitative estimate of drug-likeness (QED) is 0.756. The Kier molecular flexibility index (Phi) is 7.39. The van der Waals surface area contributed by atoms with Gasteiger partial charge in [0.15, 0.2) is 0 Å². The molecular formula is C17H29ClN2. The monoisotopic (exact) mass is 296 g/mol. The van der Waals surface area contributed by atoms with Crippen LogP contribution in [0.2, 0.25) is 5.02 Å². The fraction of sp³-hybridized carbons (Fsp3) is 0.647. The predicted octanol–water partition coefficient (Wildman–Crippen LogP) is 4.57. The lowest BCUT2D eigenvalue weighted by atomic mass is 10.1. The van der Waals surface area contributed by atoms with Gasteiger partial charge in [0, 0.05) is 20.1 Å². The second kappa shape index (κ2) is 8.53. The predicted molar refractivity (Wildman–Crippen MR) is 90.7 cm³/mol. The molecule has 0 radical (unpaired) electrons. The van der Waals surface area contributed by atoms with Gasteiger partial charge in [-0.3, -0.25) is 0 Å². The van der Waals surface area contributed by atoms with Gasteiger partial charge in [0.2, 0.25) is 0 Å². The third-order valence-corrected chi connectivity index (χ3v) is 3.67. The standard InChI is InChI=1S/C17H29ClN2/c1-13(2)9-10-20(5)17-15(7-6-8-16(17)18)12-19-11-14(3)4/h6-8,13-14,19H,9-12H2,1-5H3. The zero-order valence-corrected chi connectivity index (χ0v) is 14.3. The fourth-order valence-electron chi connectivity index (χ4n) is 2.19. The third kappa shape index (κ3) is 5.72. The van der Waals surface area contributed by atoms with Crippen LogP contribution in [0.25, 0.3) is 0 Å². The van der Waals surface area contributed by atoms with E-state index < -0.39 is 0 Å². The molecule has 0 atom stereocenters. The smallest absolute Gasteiger partial charge is 0.0642 e. The number of benzene rings is 1. The Labute approximate surface area is 129 Å². The molecule has 1 N–H and O–H groups in total. The van der Waals surface area contributed by atoms with Crippen molar-refractivity contribution < 1.29 is 0 Å². The van der Waals surface area contributed by atoms with E-state index in [4.69, 9.17) is 11.6 Å². The minimum absolute atomic E-state index is 0.663. The average molecular weight is 297 g/mol. The number of nitrogens with one attached hydrogen (secondary N) is 1. The van der Waals surface area contributed by atoms with E-state index in [-0.39, 0.29) is 0 Å². The number of anilines is 1. The first-order valence-electron chi connectivity index (χ1n) is 7.61. The molecule has 0 aliphatic carbocycles. The number of nitrogens with zero attached hydrogens (tertiary/aromatic N) is 1. The molecule has 114 valence electrons. The van der Waals surface area contributed by atoms with Crippen molar-refractivity contribution in [3.63, 3.8) is 0 Å². The summed E-state index contributed by atoms with van der Waals surface area (Å²) in [6.07, 6.45) is 1.18. The van der Waals surface area contributed by atoms with Crippen molar-refractivity contribution >= 4 is 17.3 Å². The van der Waals surface area contributed by atoms with Gasteiger partial charge in [-0.15, -0.1) is 0 Å². The van der Waals surface area contributed by atoms with Gasteiger partial charge >= 0.3 is 0 Å². The molecule has 0 saturated carbocycles. The molecule has 0 amide bonds. The molecule has 0 bridgehead atoms. The van der Waals surface area contributed by atoms with Crippen LogP contribution in [0, 0.1) is 11.8 Å². The van der Waals surface area contributed by atoms with Crippen LogP contribution in [0.3, 0.4) is 0 Å². The lowest BCUT2D eigenvalue weighted by molar-refractivity contribution is 0.551. The van der Waals surface area contributed by atoms with Crippen molar-refractivity contribution in [3.05, 3.63) is 28.8 Å². The van der Waals surface area contributed by atoms with E-state index in [1.807, 2.05) is 12.1 Å². The lowest BCUT2D eigenvalue weighted by Crippen LogP contribution is -2.24. The molecule has 1 rings (SSSR count). The summed E-state index contributed by atoms with van der Waals surface area (Å²) in [6, 6.07) is 6.18. The summed E-state index contributed by atoms with van der Waals surface area (Å²) >= 11 is 6.41. The van der Waals surface area contributed by atoms with Gasteiger partial charge in [0.05, 0.1) is 10.7 Å². The summed E-state index contributed by atoms with van der Waals surface area (Å²) in [5.74, 6) is 1.37. The van der Waals surface area contributed by atoms with Gasteiger partial charge in [-0.25, -0.2) is 0 Å². The molecule has 0 aliphatic heterocycles. The summed E-state index contributed by atoms with van der Waals surface area (Å²) < 4.78 is 0. The second-order valence-electron chi connectivity index (χ2n) is 6.38. The van der Waals surface area contributed by atoms with Crippen molar-refractivity contribution in [3.8, 4) is 0 Å². The highest BCUT2D eigenvalue weighted by Crippen LogP contribution is 2.29. The number of hydrogen-bond donors (Lipinski definition) is 1. The highest BCUT2D eigenvalue weighted by Gasteiger charge is 2.12. The van der Waals surface area contributed by atoms with Crippen LogP contribution >= 0.6 is 11.6 Å². The molecule has 20 heavy (non-hydrogen) atoms. The maximum atomic E-state index is 6.41. The van der Waals surface area contributed by atoms with Crippen LogP contribution in [-0.4, -0.2) is 20.1 Å². The Morgan fingerprint density at radius 3 is 2.45 bits per heavy atom. The Morgan fingerprint density at radius 2 is 1.85 bits per heavy atom. The van der Waals surface area contributed by atoms with Gasteiger partial charge in [0.25, 0.3) is 0 Å². The molecule has 0 aliphatic rings. The zero-order valence-electron chi connectivity index (χ0n) is 13.5. The van der Waals surface area contributed by atoms with Crippen LogP contribution in [0.1, 0.15) is 39.7 Å². The zero-order chi connectivity index (χ0) is 15.1. The molecule has 3 heteroatoms. The normalized spacial score (nSPS) is 11.4. The molecule has 0 saturated heterocycles. The molecule has 1 aromatic rings. The first kappa shape index (κ1) is 17.3. The second-order valence-corrected chi connectivity index (χ2v) is 6.78. The van der Waals surface area contributed by atoms with E-state index in [2.05, 4.69) is 51.0 Å². The van der Waals surface area contributed by atoms with Crippen molar-refractivity contribution in [2.24, 2.45) is 11.8 Å². The number of para-hydroxylation sites is 1. The first-order valence-corrected chi connectivity index (χ1v) is 7.98. The van der Waals surface area contributed by atoms with Crippen molar-refractivity contribution in [2.75, 3.05) is 25.0 Å². The Morgan fingerprint density at radius 1 is 1.15 bits per heavy atom. The van der Waals surface area contributed by atoms with E-state index in [0.29, 0.717) is 11.8 Å². The van der Waals surface area contributed by atoms with Crippen LogP contribution in [0.15, 0.2) is 18.2 Å². The fourth-order valence-corrected chi connectivity index (χ4v) is 2.53. The SMILES string of the molecule is CC(C)CCN(C)c1c(Cl)cccc1CNCC(C)C. The van der Waals surface area contributed by atoms with Gasteiger partial charge in [-0.2, -0.15) is 0 Å². The van der Waals surface area contributed by atoms with Gasteiger partial charge < -0.3 is 10.2 Å². The third-order valence-electron chi connectivity index (χ3n) is 3.36. The molecule has 2 nitrogen and oxygen atoms in total. The van der Waals surface area contributed by atoms with E-state index in [1.165, 1.54) is 17.7 Å². The summed E-state index contributed by atoms with van der Waals surface area (Å²) in [7, 11) is 2.13. The molecule has 0 unspecified atom stereocenters. The average Bonchev–Trinajstić information content (AvgIpc) is 2.35. The van der Waals surface area contributed by atoms with E-state index in [0.717, 1.165) is 24.7 Å². The molecule has 0 aromatic heterocycles. The van der Waals surface area contributed by atoms with Crippen LogP contribution in [0.4, 0.5) is 5.69 Å². The summed E-state index contributed by atoms with van der Waals surface area (Å²) in [5, 5.41) is 4.35. The largest absolute Gasteiger partial charge is 0.373 e. The molecule has 1 aromatic carbocycles. The van der Waals surface area contributed by atoms with Gasteiger partial charge in [-0.05, 0) is 36.4 Å². The van der Waals surface area contributed by atoms with E-state index in [1.54, 1.807) is 0 Å². The summed E-state index contributed by atoms with van der Waals surface area (Å²) in [5.41, 5.74) is 2.45. The van der Waals surface area contributed by atoms with Crippen molar-refractivity contribution in [1.82, 2.24) is 5.32 Å². The summed E-state index contributed by atoms with van der Waals surface area (Å²) in [6.45, 7) is 11.9. The number of rotatable bonds is 8. The number of hydrogen-bond acceptors (Lipinski definition) is 2. The summed E-state index contributed by atoms with van der Waals surface area (Å²) in [4.78, 5) is 2.29. The van der Waals surface area contributed by atoms with E-state index in [9.17, 15) is 0 Å². The Hall–Kier alpha value is -0.730. The highest BCUT2D eigenvalue weighted by atomic mass is 35.5. The first-order chi connectivity index (χ1) is 9.41. The van der Waals surface area contributed by atoms with E-state index >= 15 is 0 Å². The molecule has 0 spiro atoms. The Balaban J connectivity index is 2.76. The lowest BCUT2D eigenvalue weighted by Gasteiger charge is -2.25. The van der Waals surface area contributed by atoms with Crippen molar-refractivity contribution in [1.29, 1.82) is 0 Å².